The highest BCUT2D eigenvalue weighted by atomic mass is 32.2. The van der Waals surface area contributed by atoms with Gasteiger partial charge in [-0.15, -0.1) is 0 Å². The normalized spacial score (nSPS) is 11.9. The molecule has 0 aliphatic heterocycles. The van der Waals surface area contributed by atoms with Gasteiger partial charge in [0.05, 0.1) is 0 Å². The van der Waals surface area contributed by atoms with Crippen LogP contribution in [0.5, 0.6) is 0 Å². The highest BCUT2D eigenvalue weighted by molar-refractivity contribution is 7.80. The van der Waals surface area contributed by atoms with Crippen molar-refractivity contribution in [1.29, 1.82) is 0 Å². The SMILES string of the molecule is CCC(=O)Nc1ccc(NS(=O)[O-])cc1. The number of amides is 1. The summed E-state index contributed by atoms with van der Waals surface area (Å²) in [6.45, 7) is 1.76. The number of hydrogen-bond donors (Lipinski definition) is 2. The smallest absolute Gasteiger partial charge is 0.224 e. The van der Waals surface area contributed by atoms with Gasteiger partial charge in [0.15, 0.2) is 0 Å². The standard InChI is InChI=1S/C9H12N2O3S/c1-2-9(12)10-7-3-5-8(6-4-7)11-15(13)14/h3-6,11H,2H2,1H3,(H,10,12)(H,13,14)/p-1. The van der Waals surface area contributed by atoms with Gasteiger partial charge in [0.1, 0.15) is 0 Å². The molecule has 0 bridgehead atoms. The van der Waals surface area contributed by atoms with E-state index in [1.54, 1.807) is 31.2 Å². The van der Waals surface area contributed by atoms with Gasteiger partial charge in [0, 0.05) is 29.1 Å². The van der Waals surface area contributed by atoms with E-state index in [2.05, 4.69) is 10.0 Å². The zero-order valence-electron chi connectivity index (χ0n) is 8.15. The molecule has 0 radical (unpaired) electrons. The Bertz CT molecular complexity index is 364. The average molecular weight is 227 g/mol. The Kier molecular flexibility index (Phi) is 4.26. The Hall–Kier alpha value is -1.40. The second-order valence-electron chi connectivity index (χ2n) is 2.82. The molecule has 0 saturated carbocycles. The number of carbonyl (C=O) groups excluding carboxylic acids is 1. The van der Waals surface area contributed by atoms with Crippen molar-refractivity contribution in [3.05, 3.63) is 24.3 Å². The molecule has 1 unspecified atom stereocenters. The Labute approximate surface area is 90.3 Å². The van der Waals surface area contributed by atoms with Gasteiger partial charge in [-0.1, -0.05) is 6.92 Å². The lowest BCUT2D eigenvalue weighted by molar-refractivity contribution is -0.115. The second kappa shape index (κ2) is 5.47. The van der Waals surface area contributed by atoms with Crippen LogP contribution >= 0.6 is 0 Å². The molecule has 0 saturated heterocycles. The highest BCUT2D eigenvalue weighted by Gasteiger charge is 1.98. The van der Waals surface area contributed by atoms with E-state index in [9.17, 15) is 13.6 Å². The minimum Gasteiger partial charge on any atom is -0.755 e. The topological polar surface area (TPSA) is 81.3 Å². The van der Waals surface area contributed by atoms with E-state index in [0.29, 0.717) is 17.8 Å². The molecule has 5 nitrogen and oxygen atoms in total. The fourth-order valence-electron chi connectivity index (χ4n) is 0.967. The van der Waals surface area contributed by atoms with Crippen LogP contribution in [0.25, 0.3) is 0 Å². The van der Waals surface area contributed by atoms with Gasteiger partial charge in [-0.05, 0) is 24.3 Å². The Morgan fingerprint density at radius 1 is 1.33 bits per heavy atom. The van der Waals surface area contributed by atoms with Crippen LogP contribution < -0.4 is 10.0 Å². The lowest BCUT2D eigenvalue weighted by Gasteiger charge is -2.09. The average Bonchev–Trinajstić information content (AvgIpc) is 2.20. The number of hydrogen-bond acceptors (Lipinski definition) is 3. The molecule has 1 aromatic rings. The number of rotatable bonds is 4. The van der Waals surface area contributed by atoms with E-state index in [4.69, 9.17) is 0 Å². The molecule has 0 aliphatic rings. The van der Waals surface area contributed by atoms with Crippen molar-refractivity contribution >= 4 is 28.5 Å². The Balaban J connectivity index is 2.64. The van der Waals surface area contributed by atoms with E-state index >= 15 is 0 Å². The van der Waals surface area contributed by atoms with Gasteiger partial charge < -0.3 is 14.6 Å². The summed E-state index contributed by atoms with van der Waals surface area (Å²) >= 11 is -2.32. The first-order valence-electron chi connectivity index (χ1n) is 4.37. The molecule has 82 valence electrons. The summed E-state index contributed by atoms with van der Waals surface area (Å²) in [4.78, 5) is 11.0. The van der Waals surface area contributed by atoms with Crippen LogP contribution in [0.4, 0.5) is 11.4 Å². The van der Waals surface area contributed by atoms with Crippen molar-refractivity contribution in [3.63, 3.8) is 0 Å². The fourth-order valence-corrected chi connectivity index (χ4v) is 1.30. The zero-order chi connectivity index (χ0) is 11.3. The second-order valence-corrected chi connectivity index (χ2v) is 3.49. The van der Waals surface area contributed by atoms with Crippen LogP contribution in [-0.2, 0) is 16.1 Å². The monoisotopic (exact) mass is 227 g/mol. The van der Waals surface area contributed by atoms with E-state index in [0.717, 1.165) is 0 Å². The molecule has 2 N–H and O–H groups in total. The van der Waals surface area contributed by atoms with Crippen LogP contribution in [0, 0.1) is 0 Å². The van der Waals surface area contributed by atoms with Gasteiger partial charge in [-0.25, -0.2) is 0 Å². The van der Waals surface area contributed by atoms with E-state index in [1.165, 1.54) is 0 Å². The largest absolute Gasteiger partial charge is 0.755 e. The van der Waals surface area contributed by atoms with Crippen molar-refractivity contribution in [1.82, 2.24) is 0 Å². The zero-order valence-corrected chi connectivity index (χ0v) is 8.97. The van der Waals surface area contributed by atoms with Crippen molar-refractivity contribution in [2.24, 2.45) is 0 Å². The summed E-state index contributed by atoms with van der Waals surface area (Å²) in [5.41, 5.74) is 1.10. The molecule has 0 fully saturated rings. The van der Waals surface area contributed by atoms with Crippen molar-refractivity contribution < 1.29 is 13.6 Å². The summed E-state index contributed by atoms with van der Waals surface area (Å²) in [5, 5.41) is 2.65. The summed E-state index contributed by atoms with van der Waals surface area (Å²) in [6.07, 6.45) is 0.407. The number of anilines is 2. The van der Waals surface area contributed by atoms with Crippen molar-refractivity contribution in [2.75, 3.05) is 10.0 Å². The van der Waals surface area contributed by atoms with Gasteiger partial charge in [-0.2, -0.15) is 0 Å². The third-order valence-electron chi connectivity index (χ3n) is 1.69. The molecule has 1 rings (SSSR count). The third kappa shape index (κ3) is 4.09. The Morgan fingerprint density at radius 3 is 2.33 bits per heavy atom. The summed E-state index contributed by atoms with van der Waals surface area (Å²) in [6, 6.07) is 6.40. The molecule has 0 spiro atoms. The van der Waals surface area contributed by atoms with Crippen LogP contribution in [0.3, 0.4) is 0 Å². The molecule has 0 heterocycles. The lowest BCUT2D eigenvalue weighted by Crippen LogP contribution is -2.09. The minimum atomic E-state index is -2.32. The molecule has 6 heteroatoms. The molecule has 0 aromatic heterocycles. The molecular formula is C9H11N2O3S-. The van der Waals surface area contributed by atoms with E-state index in [-0.39, 0.29) is 5.91 Å². The number of carbonyl (C=O) groups is 1. The third-order valence-corrected chi connectivity index (χ3v) is 2.09. The van der Waals surface area contributed by atoms with Crippen molar-refractivity contribution in [2.45, 2.75) is 13.3 Å². The van der Waals surface area contributed by atoms with Crippen LogP contribution in [0.15, 0.2) is 24.3 Å². The fraction of sp³-hybridized carbons (Fsp3) is 0.222. The highest BCUT2D eigenvalue weighted by Crippen LogP contribution is 2.13. The molecule has 0 aliphatic carbocycles. The molecular weight excluding hydrogens is 216 g/mol. The van der Waals surface area contributed by atoms with Crippen LogP contribution in [0.1, 0.15) is 13.3 Å². The predicted octanol–water partition coefficient (Wildman–Crippen LogP) is 1.24. The Morgan fingerprint density at radius 2 is 1.87 bits per heavy atom. The van der Waals surface area contributed by atoms with E-state index < -0.39 is 11.3 Å². The van der Waals surface area contributed by atoms with Gasteiger partial charge in [0.25, 0.3) is 0 Å². The first kappa shape index (κ1) is 11.7. The van der Waals surface area contributed by atoms with E-state index in [1.807, 2.05) is 0 Å². The van der Waals surface area contributed by atoms with Gasteiger partial charge >= 0.3 is 0 Å². The summed E-state index contributed by atoms with van der Waals surface area (Å²) in [7, 11) is 0. The molecule has 1 amide bonds. The van der Waals surface area contributed by atoms with Gasteiger partial charge in [0.2, 0.25) is 5.91 Å². The lowest BCUT2D eigenvalue weighted by atomic mass is 10.3. The van der Waals surface area contributed by atoms with Crippen molar-refractivity contribution in [3.8, 4) is 0 Å². The van der Waals surface area contributed by atoms with Crippen LogP contribution in [-0.4, -0.2) is 14.7 Å². The maximum absolute atomic E-state index is 11.0. The minimum absolute atomic E-state index is 0.0805. The summed E-state index contributed by atoms with van der Waals surface area (Å²) in [5.74, 6) is -0.0805. The summed E-state index contributed by atoms with van der Waals surface area (Å²) < 4.78 is 22.8. The quantitative estimate of drug-likeness (QED) is 0.759. The first-order valence-corrected chi connectivity index (χ1v) is 5.45. The van der Waals surface area contributed by atoms with Gasteiger partial charge in [-0.3, -0.25) is 9.00 Å². The first-order chi connectivity index (χ1) is 7.11. The maximum atomic E-state index is 11.0. The number of nitrogens with one attached hydrogen (secondary N) is 2. The molecule has 15 heavy (non-hydrogen) atoms. The molecule has 1 aromatic carbocycles. The number of benzene rings is 1. The maximum Gasteiger partial charge on any atom is 0.224 e. The molecule has 1 atom stereocenters. The van der Waals surface area contributed by atoms with Crippen LogP contribution in [0.2, 0.25) is 0 Å². The predicted molar refractivity (Wildman–Crippen MR) is 57.9 cm³/mol.